The van der Waals surface area contributed by atoms with Gasteiger partial charge in [0.05, 0.1) is 7.11 Å². The number of aliphatic carboxylic acids is 1. The molecule has 1 unspecified atom stereocenters. The van der Waals surface area contributed by atoms with Gasteiger partial charge in [0.25, 0.3) is 0 Å². The smallest absolute Gasteiger partial charge is 0.326 e. The molecule has 1 aromatic rings. The number of methoxy groups -OCH3 is 1. The lowest BCUT2D eigenvalue weighted by Gasteiger charge is -2.27. The lowest BCUT2D eigenvalue weighted by molar-refractivity contribution is -0.141. The van der Waals surface area contributed by atoms with Gasteiger partial charge in [-0.3, -0.25) is 0 Å². The van der Waals surface area contributed by atoms with Crippen LogP contribution < -0.4 is 4.74 Å². The van der Waals surface area contributed by atoms with Gasteiger partial charge in [0.1, 0.15) is 11.8 Å². The summed E-state index contributed by atoms with van der Waals surface area (Å²) in [5, 5.41) is 8.91. The van der Waals surface area contributed by atoms with Crippen LogP contribution in [0.5, 0.6) is 5.75 Å². The lowest BCUT2D eigenvalue weighted by Crippen LogP contribution is -2.46. The summed E-state index contributed by atoms with van der Waals surface area (Å²) >= 11 is 0. The zero-order chi connectivity index (χ0) is 15.3. The van der Waals surface area contributed by atoms with Crippen molar-refractivity contribution in [3.05, 3.63) is 29.8 Å². The molecule has 0 saturated heterocycles. The number of amides is 2. The minimum atomic E-state index is -1.03. The average molecular weight is 280 g/mol. The molecule has 0 aromatic heterocycles. The summed E-state index contributed by atoms with van der Waals surface area (Å²) in [6, 6.07) is 6.18. The second-order valence-electron chi connectivity index (χ2n) is 4.62. The van der Waals surface area contributed by atoms with Crippen LogP contribution in [-0.2, 0) is 11.3 Å². The normalized spacial score (nSPS) is 11.6. The van der Waals surface area contributed by atoms with Crippen LogP contribution >= 0.6 is 0 Å². The van der Waals surface area contributed by atoms with Crippen LogP contribution in [-0.4, -0.2) is 54.2 Å². The molecule has 0 spiro atoms. The van der Waals surface area contributed by atoms with E-state index in [1.54, 1.807) is 14.2 Å². The molecule has 6 nitrogen and oxygen atoms in total. The van der Waals surface area contributed by atoms with Crippen LogP contribution in [0.2, 0.25) is 0 Å². The molecule has 1 N–H and O–H groups in total. The molecule has 0 saturated carbocycles. The maximum Gasteiger partial charge on any atom is 0.326 e. The fourth-order valence-corrected chi connectivity index (χ4v) is 1.71. The van der Waals surface area contributed by atoms with E-state index >= 15 is 0 Å². The fourth-order valence-electron chi connectivity index (χ4n) is 1.71. The van der Waals surface area contributed by atoms with Crippen LogP contribution in [0.25, 0.3) is 0 Å². The minimum absolute atomic E-state index is 0.345. The van der Waals surface area contributed by atoms with E-state index in [2.05, 4.69) is 0 Å². The largest absolute Gasteiger partial charge is 0.497 e. The van der Waals surface area contributed by atoms with Crippen molar-refractivity contribution in [2.75, 3.05) is 21.2 Å². The first-order valence-corrected chi connectivity index (χ1v) is 6.20. The first kappa shape index (κ1) is 15.8. The van der Waals surface area contributed by atoms with E-state index in [1.807, 2.05) is 24.3 Å². The quantitative estimate of drug-likeness (QED) is 0.890. The van der Waals surface area contributed by atoms with Crippen molar-refractivity contribution in [3.63, 3.8) is 0 Å². The predicted octanol–water partition coefficient (Wildman–Crippen LogP) is 1.65. The van der Waals surface area contributed by atoms with Crippen molar-refractivity contribution in [1.29, 1.82) is 0 Å². The van der Waals surface area contributed by atoms with Crippen LogP contribution in [0.3, 0.4) is 0 Å². The van der Waals surface area contributed by atoms with Gasteiger partial charge < -0.3 is 19.6 Å². The number of hydrogen-bond acceptors (Lipinski definition) is 3. The van der Waals surface area contributed by atoms with Crippen LogP contribution in [0, 0.1) is 0 Å². The molecule has 0 bridgehead atoms. The maximum absolute atomic E-state index is 12.1. The van der Waals surface area contributed by atoms with E-state index in [4.69, 9.17) is 9.84 Å². The number of carbonyl (C=O) groups is 2. The number of carboxylic acids is 1. The highest BCUT2D eigenvalue weighted by Gasteiger charge is 2.24. The second-order valence-corrected chi connectivity index (χ2v) is 4.62. The molecule has 0 aliphatic rings. The Morgan fingerprint density at radius 3 is 2.55 bits per heavy atom. The second kappa shape index (κ2) is 6.79. The number of rotatable bonds is 5. The molecular weight excluding hydrogens is 260 g/mol. The Hall–Kier alpha value is -2.24. The third-order valence-corrected chi connectivity index (χ3v) is 3.12. The minimum Gasteiger partial charge on any atom is -0.497 e. The monoisotopic (exact) mass is 280 g/mol. The Labute approximate surface area is 118 Å². The van der Waals surface area contributed by atoms with Gasteiger partial charge in [0, 0.05) is 20.6 Å². The van der Waals surface area contributed by atoms with Crippen molar-refractivity contribution in [2.24, 2.45) is 0 Å². The molecule has 0 heterocycles. The molecule has 0 fully saturated rings. The van der Waals surface area contributed by atoms with Crippen molar-refractivity contribution in [3.8, 4) is 5.75 Å². The van der Waals surface area contributed by atoms with Gasteiger partial charge in [-0.25, -0.2) is 9.59 Å². The van der Waals surface area contributed by atoms with E-state index in [0.29, 0.717) is 6.54 Å². The summed E-state index contributed by atoms with van der Waals surface area (Å²) in [4.78, 5) is 25.6. The standard InChI is InChI=1S/C14H20N2O4/c1-10(13(17)18)16(3)14(19)15(2)9-11-6-5-7-12(8-11)20-4/h5-8,10H,9H2,1-4H3,(H,17,18). The van der Waals surface area contributed by atoms with Gasteiger partial charge in [0.15, 0.2) is 0 Å². The van der Waals surface area contributed by atoms with E-state index in [9.17, 15) is 9.59 Å². The number of nitrogens with zero attached hydrogens (tertiary/aromatic N) is 2. The van der Waals surface area contributed by atoms with Crippen LogP contribution in [0.1, 0.15) is 12.5 Å². The molecule has 0 radical (unpaired) electrons. The molecule has 110 valence electrons. The summed E-state index contributed by atoms with van der Waals surface area (Å²) in [6.07, 6.45) is 0. The van der Waals surface area contributed by atoms with E-state index in [1.165, 1.54) is 23.8 Å². The number of benzene rings is 1. The number of carboxylic acid groups (broad SMARTS) is 1. The highest BCUT2D eigenvalue weighted by atomic mass is 16.5. The van der Waals surface area contributed by atoms with E-state index in [0.717, 1.165) is 11.3 Å². The Balaban J connectivity index is 2.72. The SMILES string of the molecule is COc1cccc(CN(C)C(=O)N(C)C(C)C(=O)O)c1. The number of hydrogen-bond donors (Lipinski definition) is 1. The molecule has 1 atom stereocenters. The Kier molecular flexibility index (Phi) is 5.37. The highest BCUT2D eigenvalue weighted by Crippen LogP contribution is 2.14. The highest BCUT2D eigenvalue weighted by molar-refractivity contribution is 5.82. The number of urea groups is 1. The summed E-state index contributed by atoms with van der Waals surface area (Å²) in [5.41, 5.74) is 0.913. The Morgan fingerprint density at radius 2 is 2.00 bits per heavy atom. The van der Waals surface area contributed by atoms with Gasteiger partial charge >= 0.3 is 12.0 Å². The van der Waals surface area contributed by atoms with Crippen LogP contribution in [0.4, 0.5) is 4.79 Å². The summed E-state index contributed by atoms with van der Waals surface area (Å²) in [5.74, 6) is -0.314. The lowest BCUT2D eigenvalue weighted by atomic mass is 10.2. The summed E-state index contributed by atoms with van der Waals surface area (Å²) in [7, 11) is 4.69. The first-order chi connectivity index (χ1) is 9.36. The Morgan fingerprint density at radius 1 is 1.35 bits per heavy atom. The van der Waals surface area contributed by atoms with Crippen molar-refractivity contribution in [1.82, 2.24) is 9.80 Å². The van der Waals surface area contributed by atoms with E-state index in [-0.39, 0.29) is 6.03 Å². The molecule has 6 heteroatoms. The first-order valence-electron chi connectivity index (χ1n) is 6.20. The third kappa shape index (κ3) is 3.88. The van der Waals surface area contributed by atoms with Gasteiger partial charge in [-0.2, -0.15) is 0 Å². The van der Waals surface area contributed by atoms with Crippen molar-refractivity contribution >= 4 is 12.0 Å². The molecule has 20 heavy (non-hydrogen) atoms. The van der Waals surface area contributed by atoms with Crippen molar-refractivity contribution in [2.45, 2.75) is 19.5 Å². The molecule has 2 amide bonds. The zero-order valence-corrected chi connectivity index (χ0v) is 12.2. The van der Waals surface area contributed by atoms with Gasteiger partial charge in [-0.15, -0.1) is 0 Å². The molecule has 0 aliphatic carbocycles. The fraction of sp³-hybridized carbons (Fsp3) is 0.429. The maximum atomic E-state index is 12.1. The summed E-state index contributed by atoms with van der Waals surface area (Å²) in [6.45, 7) is 1.85. The average Bonchev–Trinajstić information content (AvgIpc) is 2.44. The molecule has 1 rings (SSSR count). The topological polar surface area (TPSA) is 70.1 Å². The number of carbonyl (C=O) groups excluding carboxylic acids is 1. The third-order valence-electron chi connectivity index (χ3n) is 3.12. The summed E-state index contributed by atoms with van der Waals surface area (Å²) < 4.78 is 5.12. The zero-order valence-electron chi connectivity index (χ0n) is 12.2. The van der Waals surface area contributed by atoms with Gasteiger partial charge in [0.2, 0.25) is 0 Å². The molecule has 0 aliphatic heterocycles. The Bertz CT molecular complexity index is 490. The van der Waals surface area contributed by atoms with Crippen molar-refractivity contribution < 1.29 is 19.4 Å². The molecular formula is C14H20N2O4. The van der Waals surface area contributed by atoms with Crippen LogP contribution in [0.15, 0.2) is 24.3 Å². The van der Waals surface area contributed by atoms with E-state index < -0.39 is 12.0 Å². The number of ether oxygens (including phenoxy) is 1. The predicted molar refractivity (Wildman–Crippen MR) is 74.7 cm³/mol. The van der Waals surface area contributed by atoms with Gasteiger partial charge in [-0.05, 0) is 24.6 Å². The molecule has 1 aromatic carbocycles. The number of likely N-dealkylation sites (N-methyl/N-ethyl adjacent to an activating group) is 1. The van der Waals surface area contributed by atoms with Gasteiger partial charge in [-0.1, -0.05) is 12.1 Å².